The van der Waals surface area contributed by atoms with Crippen LogP contribution in [0.5, 0.6) is 11.5 Å². The van der Waals surface area contributed by atoms with Gasteiger partial charge in [-0.2, -0.15) is 4.31 Å². The predicted octanol–water partition coefficient (Wildman–Crippen LogP) is 4.98. The number of benzene rings is 3. The van der Waals surface area contributed by atoms with E-state index in [9.17, 15) is 18.5 Å². The van der Waals surface area contributed by atoms with Crippen LogP contribution in [0.4, 0.5) is 15.8 Å². The van der Waals surface area contributed by atoms with Crippen LogP contribution in [-0.2, 0) is 27.8 Å². The highest BCUT2D eigenvalue weighted by Crippen LogP contribution is 2.33. The molecule has 0 spiro atoms. The van der Waals surface area contributed by atoms with Gasteiger partial charge in [-0.25, -0.2) is 12.8 Å². The average Bonchev–Trinajstić information content (AvgIpc) is 2.96. The van der Waals surface area contributed by atoms with Gasteiger partial charge >= 0.3 is 0 Å². The Balaban J connectivity index is 1.68. The highest BCUT2D eigenvalue weighted by atomic mass is 32.2. The molecule has 10 nitrogen and oxygen atoms in total. The van der Waals surface area contributed by atoms with Crippen LogP contribution in [0.25, 0.3) is 0 Å². The number of methoxy groups -OCH3 is 2. The number of nitro groups is 1. The van der Waals surface area contributed by atoms with E-state index in [2.05, 4.69) is 5.32 Å². The molecule has 1 saturated heterocycles. The number of nitrogens with zero attached hydrogens (tertiary/aromatic N) is 2. The van der Waals surface area contributed by atoms with Crippen molar-refractivity contribution in [1.82, 2.24) is 4.31 Å². The molecule has 0 bridgehead atoms. The summed E-state index contributed by atoms with van der Waals surface area (Å²) in [5.41, 5.74) is 0.677. The Morgan fingerprint density at radius 1 is 0.975 bits per heavy atom. The Bertz CT molecular complexity index is 1360. The third-order valence-electron chi connectivity index (χ3n) is 6.82. The molecule has 214 valence electrons. The molecule has 40 heavy (non-hydrogen) atoms. The van der Waals surface area contributed by atoms with Crippen LogP contribution in [0.1, 0.15) is 24.0 Å². The van der Waals surface area contributed by atoms with E-state index in [0.29, 0.717) is 42.4 Å². The standard InChI is InChI=1S/C28H32FN3O7S/c1-37-23-7-3-21(4-8-23)18-31(19-22-5-9-24(38-2)10-6-22)40(35,36)28-16-27(32(33)34)26(15-25(28)29)30-17-20-11-13-39-14-12-20/h3-10,15-16,20,30H,11-14,17-19H2,1-2H3. The zero-order valence-electron chi connectivity index (χ0n) is 22.3. The lowest BCUT2D eigenvalue weighted by atomic mass is 10.0. The summed E-state index contributed by atoms with van der Waals surface area (Å²) in [6.45, 7) is 1.37. The van der Waals surface area contributed by atoms with Gasteiger partial charge < -0.3 is 19.5 Å². The molecular weight excluding hydrogens is 541 g/mol. The summed E-state index contributed by atoms with van der Waals surface area (Å²) >= 11 is 0. The van der Waals surface area contributed by atoms with Gasteiger partial charge in [-0.1, -0.05) is 24.3 Å². The van der Waals surface area contributed by atoms with E-state index >= 15 is 4.39 Å². The van der Waals surface area contributed by atoms with Crippen molar-refractivity contribution in [2.75, 3.05) is 39.3 Å². The van der Waals surface area contributed by atoms with Crippen LogP contribution in [0.2, 0.25) is 0 Å². The third-order valence-corrected chi connectivity index (χ3v) is 8.63. The molecule has 3 aromatic carbocycles. The number of halogens is 1. The molecule has 0 aromatic heterocycles. The molecule has 1 aliphatic heterocycles. The SMILES string of the molecule is COc1ccc(CN(Cc2ccc(OC)cc2)S(=O)(=O)c2cc([N+](=O)[O-])c(NCC3CCOCC3)cc2F)cc1. The maximum atomic E-state index is 15.5. The van der Waals surface area contributed by atoms with Crippen molar-refractivity contribution in [2.45, 2.75) is 30.8 Å². The van der Waals surface area contributed by atoms with Gasteiger partial charge in [0.1, 0.15) is 27.9 Å². The second-order valence-corrected chi connectivity index (χ2v) is 11.4. The number of nitro benzene ring substituents is 1. The second kappa shape index (κ2) is 13.1. The molecule has 1 N–H and O–H groups in total. The van der Waals surface area contributed by atoms with Crippen molar-refractivity contribution in [3.63, 3.8) is 0 Å². The summed E-state index contributed by atoms with van der Waals surface area (Å²) in [5.74, 6) is 0.330. The van der Waals surface area contributed by atoms with Gasteiger partial charge in [0.2, 0.25) is 10.0 Å². The Kier molecular flexibility index (Phi) is 9.56. The van der Waals surface area contributed by atoms with Crippen molar-refractivity contribution < 1.29 is 31.9 Å². The first-order valence-corrected chi connectivity index (χ1v) is 14.2. The Morgan fingerprint density at radius 3 is 1.98 bits per heavy atom. The first-order chi connectivity index (χ1) is 19.2. The van der Waals surface area contributed by atoms with Crippen LogP contribution >= 0.6 is 0 Å². The second-order valence-electron chi connectivity index (χ2n) is 9.46. The number of sulfonamides is 1. The summed E-state index contributed by atoms with van der Waals surface area (Å²) in [7, 11) is -1.48. The summed E-state index contributed by atoms with van der Waals surface area (Å²) in [6.07, 6.45) is 1.56. The molecule has 0 amide bonds. The molecule has 12 heteroatoms. The van der Waals surface area contributed by atoms with Crippen molar-refractivity contribution in [3.05, 3.63) is 87.7 Å². The number of ether oxygens (including phenoxy) is 3. The lowest BCUT2D eigenvalue weighted by molar-refractivity contribution is -0.384. The number of nitrogens with one attached hydrogen (secondary N) is 1. The highest BCUT2D eigenvalue weighted by Gasteiger charge is 2.32. The molecule has 0 aliphatic carbocycles. The molecule has 0 atom stereocenters. The van der Waals surface area contributed by atoms with Gasteiger partial charge in [0, 0.05) is 45.0 Å². The van der Waals surface area contributed by atoms with Gasteiger partial charge in [0.05, 0.1) is 19.1 Å². The number of rotatable bonds is 12. The van der Waals surface area contributed by atoms with Gasteiger partial charge in [-0.15, -0.1) is 0 Å². The normalized spacial score (nSPS) is 14.2. The first kappa shape index (κ1) is 29.2. The lowest BCUT2D eigenvalue weighted by Crippen LogP contribution is -2.31. The monoisotopic (exact) mass is 573 g/mol. The number of anilines is 1. The number of hydrogen-bond donors (Lipinski definition) is 1. The molecular formula is C28H32FN3O7S. The molecule has 1 heterocycles. The van der Waals surface area contributed by atoms with Gasteiger partial charge in [-0.3, -0.25) is 10.1 Å². The minimum absolute atomic E-state index is 0.0650. The van der Waals surface area contributed by atoms with E-state index in [1.54, 1.807) is 48.5 Å². The Hall–Kier alpha value is -3.74. The van der Waals surface area contributed by atoms with E-state index in [1.807, 2.05) is 0 Å². The molecule has 3 aromatic rings. The Morgan fingerprint density at radius 2 is 1.50 bits per heavy atom. The van der Waals surface area contributed by atoms with Gasteiger partial charge in [-0.05, 0) is 54.2 Å². The Labute approximate surface area is 232 Å². The average molecular weight is 574 g/mol. The van der Waals surface area contributed by atoms with Crippen molar-refractivity contribution in [3.8, 4) is 11.5 Å². The minimum atomic E-state index is -4.52. The van der Waals surface area contributed by atoms with Crippen molar-refractivity contribution >= 4 is 21.4 Å². The maximum Gasteiger partial charge on any atom is 0.293 e. The third kappa shape index (κ3) is 7.06. The number of hydrogen-bond acceptors (Lipinski definition) is 8. The summed E-state index contributed by atoms with van der Waals surface area (Å²) < 4.78 is 60.0. The fraction of sp³-hybridized carbons (Fsp3) is 0.357. The highest BCUT2D eigenvalue weighted by molar-refractivity contribution is 7.89. The van der Waals surface area contributed by atoms with E-state index in [1.165, 1.54) is 14.2 Å². The van der Waals surface area contributed by atoms with Crippen LogP contribution in [0.3, 0.4) is 0 Å². The van der Waals surface area contributed by atoms with E-state index in [0.717, 1.165) is 29.3 Å². The van der Waals surface area contributed by atoms with Crippen LogP contribution in [-0.4, -0.2) is 51.6 Å². The summed E-state index contributed by atoms with van der Waals surface area (Å²) in [6, 6.07) is 15.3. The molecule has 0 unspecified atom stereocenters. The zero-order chi connectivity index (χ0) is 28.7. The fourth-order valence-electron chi connectivity index (χ4n) is 4.47. The van der Waals surface area contributed by atoms with E-state index in [4.69, 9.17) is 14.2 Å². The smallest absolute Gasteiger partial charge is 0.293 e. The molecule has 0 radical (unpaired) electrons. The fourth-order valence-corrected chi connectivity index (χ4v) is 5.95. The minimum Gasteiger partial charge on any atom is -0.497 e. The topological polar surface area (TPSA) is 120 Å². The summed E-state index contributed by atoms with van der Waals surface area (Å²) in [4.78, 5) is 10.5. The molecule has 1 aliphatic rings. The van der Waals surface area contributed by atoms with Crippen LogP contribution in [0.15, 0.2) is 65.6 Å². The molecule has 4 rings (SSSR count). The van der Waals surface area contributed by atoms with Crippen LogP contribution < -0.4 is 14.8 Å². The van der Waals surface area contributed by atoms with Crippen molar-refractivity contribution in [2.24, 2.45) is 5.92 Å². The van der Waals surface area contributed by atoms with Crippen molar-refractivity contribution in [1.29, 1.82) is 0 Å². The van der Waals surface area contributed by atoms with Gasteiger partial charge in [0.25, 0.3) is 5.69 Å². The first-order valence-electron chi connectivity index (χ1n) is 12.8. The predicted molar refractivity (Wildman–Crippen MR) is 148 cm³/mol. The maximum absolute atomic E-state index is 15.5. The van der Waals surface area contributed by atoms with Gasteiger partial charge in [0.15, 0.2) is 0 Å². The van der Waals surface area contributed by atoms with E-state index in [-0.39, 0.29) is 24.7 Å². The molecule has 0 saturated carbocycles. The van der Waals surface area contributed by atoms with E-state index < -0.39 is 31.3 Å². The summed E-state index contributed by atoms with van der Waals surface area (Å²) in [5, 5.41) is 14.9. The molecule has 1 fully saturated rings. The lowest BCUT2D eigenvalue weighted by Gasteiger charge is -2.24. The quantitative estimate of drug-likeness (QED) is 0.238. The van der Waals surface area contributed by atoms with Crippen LogP contribution in [0, 0.1) is 21.8 Å². The largest absolute Gasteiger partial charge is 0.497 e. The zero-order valence-corrected chi connectivity index (χ0v) is 23.2.